The van der Waals surface area contributed by atoms with Crippen LogP contribution in [0.25, 0.3) is 0 Å². The molecule has 0 unspecified atom stereocenters. The molecular formula is C3H8O2S2Zn. The summed E-state index contributed by atoms with van der Waals surface area (Å²) < 4.78 is 0. The molecule has 0 rings (SSSR count). The Morgan fingerprint density at radius 1 is 1.50 bits per heavy atom. The van der Waals surface area contributed by atoms with Crippen LogP contribution in [0.3, 0.4) is 0 Å². The van der Waals surface area contributed by atoms with Gasteiger partial charge in [0.05, 0.1) is 0 Å². The van der Waals surface area contributed by atoms with Crippen molar-refractivity contribution in [3.05, 3.63) is 12.7 Å². The Labute approximate surface area is 75.0 Å². The summed E-state index contributed by atoms with van der Waals surface area (Å²) in [5, 5.41) is 7.60. The van der Waals surface area contributed by atoms with Gasteiger partial charge in [0.15, 0.2) is 0 Å². The maximum Gasteiger partial charge on any atom is 0.327 e. The van der Waals surface area contributed by atoms with Gasteiger partial charge in [-0.25, -0.2) is 4.79 Å². The minimum absolute atomic E-state index is 0. The van der Waals surface area contributed by atoms with Gasteiger partial charge in [-0.3, -0.25) is 0 Å². The summed E-state index contributed by atoms with van der Waals surface area (Å²) in [6, 6.07) is 0. The number of carbonyl (C=O) groups is 1. The molecule has 0 aliphatic carbocycles. The van der Waals surface area contributed by atoms with E-state index in [1.165, 1.54) is 0 Å². The minimum atomic E-state index is -0.981. The van der Waals surface area contributed by atoms with Crippen molar-refractivity contribution in [2.75, 3.05) is 0 Å². The molecule has 0 saturated carbocycles. The maximum absolute atomic E-state index is 9.25. The molecule has 2 nitrogen and oxygen atoms in total. The van der Waals surface area contributed by atoms with Crippen molar-refractivity contribution in [3.8, 4) is 0 Å². The second-order valence-electron chi connectivity index (χ2n) is 0.542. The average molecular weight is 206 g/mol. The van der Waals surface area contributed by atoms with Crippen LogP contribution in [0.15, 0.2) is 12.7 Å². The summed E-state index contributed by atoms with van der Waals surface area (Å²) >= 11 is 0. The predicted octanol–water partition coefficient (Wildman–Crippen LogP) is 0.480. The van der Waals surface area contributed by atoms with Crippen LogP contribution in [0.2, 0.25) is 0 Å². The Hall–Kier alpha value is 0.533. The zero-order valence-corrected chi connectivity index (χ0v) is 9.31. The van der Waals surface area contributed by atoms with Crippen LogP contribution in [0, 0.1) is 0 Å². The summed E-state index contributed by atoms with van der Waals surface area (Å²) in [4.78, 5) is 9.25. The zero-order chi connectivity index (χ0) is 4.28. The van der Waals surface area contributed by atoms with E-state index in [0.717, 1.165) is 6.08 Å². The topological polar surface area (TPSA) is 37.3 Å². The van der Waals surface area contributed by atoms with Gasteiger partial charge in [0.25, 0.3) is 0 Å². The molecule has 8 heavy (non-hydrogen) atoms. The molecular weight excluding hydrogens is 198 g/mol. The van der Waals surface area contributed by atoms with E-state index in [1.807, 2.05) is 0 Å². The number of hydrogen-bond acceptors (Lipinski definition) is 1. The van der Waals surface area contributed by atoms with Crippen LogP contribution < -0.4 is 0 Å². The Bertz CT molecular complexity index is 66.3. The van der Waals surface area contributed by atoms with Crippen LogP contribution in [0.5, 0.6) is 0 Å². The number of hydrogen-bond donors (Lipinski definition) is 1. The molecule has 46 valence electrons. The Morgan fingerprint density at radius 2 is 1.62 bits per heavy atom. The fourth-order valence-electron chi connectivity index (χ4n) is 0. The van der Waals surface area contributed by atoms with Crippen molar-refractivity contribution in [1.82, 2.24) is 0 Å². The van der Waals surface area contributed by atoms with Gasteiger partial charge in [-0.1, -0.05) is 6.58 Å². The van der Waals surface area contributed by atoms with Gasteiger partial charge in [-0.05, 0) is 0 Å². The standard InChI is InChI=1S/C3H4O2.2H2S.Zn/c1-2-3(4)5;;;/h2H,1H2,(H,4,5);2*1H2;. The molecule has 0 aromatic heterocycles. The number of carboxylic acids is 1. The van der Waals surface area contributed by atoms with Gasteiger partial charge >= 0.3 is 5.97 Å². The molecule has 5 heteroatoms. The third-order valence-electron chi connectivity index (χ3n) is 0.175. The fourth-order valence-corrected chi connectivity index (χ4v) is 0. The average Bonchev–Trinajstić information content (AvgIpc) is 1.38. The Morgan fingerprint density at radius 3 is 1.62 bits per heavy atom. The first-order valence-electron chi connectivity index (χ1n) is 1.12. The van der Waals surface area contributed by atoms with Gasteiger partial charge in [0.1, 0.15) is 0 Å². The van der Waals surface area contributed by atoms with Gasteiger partial charge < -0.3 is 5.11 Å². The van der Waals surface area contributed by atoms with E-state index in [2.05, 4.69) is 6.58 Å². The zero-order valence-electron chi connectivity index (χ0n) is 4.35. The van der Waals surface area contributed by atoms with E-state index >= 15 is 0 Å². The molecule has 0 radical (unpaired) electrons. The number of carboxylic acid groups (broad SMARTS) is 1. The molecule has 0 saturated heterocycles. The van der Waals surface area contributed by atoms with Gasteiger partial charge in [0, 0.05) is 25.6 Å². The number of aliphatic carboxylic acids is 1. The van der Waals surface area contributed by atoms with Crippen molar-refractivity contribution < 1.29 is 29.4 Å². The van der Waals surface area contributed by atoms with Gasteiger partial charge in [0.2, 0.25) is 0 Å². The maximum atomic E-state index is 9.25. The van der Waals surface area contributed by atoms with Crippen LogP contribution in [0.4, 0.5) is 0 Å². The molecule has 0 heterocycles. The predicted molar refractivity (Wildman–Crippen MR) is 38.6 cm³/mol. The third-order valence-corrected chi connectivity index (χ3v) is 0.175. The largest absolute Gasteiger partial charge is 0.478 e. The van der Waals surface area contributed by atoms with Gasteiger partial charge in [-0.2, -0.15) is 27.0 Å². The molecule has 0 aromatic rings. The first kappa shape index (κ1) is 23.6. The van der Waals surface area contributed by atoms with Crippen molar-refractivity contribution in [2.24, 2.45) is 0 Å². The quantitative estimate of drug-likeness (QED) is 0.500. The minimum Gasteiger partial charge on any atom is -0.478 e. The van der Waals surface area contributed by atoms with Crippen LogP contribution >= 0.6 is 27.0 Å². The number of rotatable bonds is 1. The molecule has 0 fully saturated rings. The summed E-state index contributed by atoms with van der Waals surface area (Å²) in [5.74, 6) is -0.981. The summed E-state index contributed by atoms with van der Waals surface area (Å²) in [6.07, 6.45) is 0.833. The van der Waals surface area contributed by atoms with E-state index < -0.39 is 5.97 Å². The van der Waals surface area contributed by atoms with Crippen LogP contribution in [0.1, 0.15) is 0 Å². The normalized spacial score (nSPS) is 4.00. The molecule has 0 amide bonds. The summed E-state index contributed by atoms with van der Waals surface area (Å²) in [5.41, 5.74) is 0. The molecule has 0 atom stereocenters. The van der Waals surface area contributed by atoms with Crippen LogP contribution in [-0.4, -0.2) is 11.1 Å². The second-order valence-corrected chi connectivity index (χ2v) is 0.542. The van der Waals surface area contributed by atoms with Gasteiger partial charge in [-0.15, -0.1) is 0 Å². The Kier molecular flexibility index (Phi) is 46.1. The van der Waals surface area contributed by atoms with Crippen LogP contribution in [-0.2, 0) is 24.3 Å². The molecule has 0 aromatic carbocycles. The van der Waals surface area contributed by atoms with E-state index in [0.29, 0.717) is 0 Å². The van der Waals surface area contributed by atoms with Crippen molar-refractivity contribution in [3.63, 3.8) is 0 Å². The fraction of sp³-hybridized carbons (Fsp3) is 0. The smallest absolute Gasteiger partial charge is 0.327 e. The summed E-state index contributed by atoms with van der Waals surface area (Å²) in [7, 11) is 0. The molecule has 0 aliphatic heterocycles. The Balaban J connectivity index is -0.0000000267. The van der Waals surface area contributed by atoms with Crippen molar-refractivity contribution in [2.45, 2.75) is 0 Å². The molecule has 0 spiro atoms. The van der Waals surface area contributed by atoms with E-state index in [-0.39, 0.29) is 46.5 Å². The van der Waals surface area contributed by atoms with E-state index in [4.69, 9.17) is 5.11 Å². The van der Waals surface area contributed by atoms with E-state index in [1.54, 1.807) is 0 Å². The van der Waals surface area contributed by atoms with Crippen molar-refractivity contribution >= 4 is 33.0 Å². The molecule has 0 bridgehead atoms. The molecule has 1 N–H and O–H groups in total. The first-order chi connectivity index (χ1) is 2.27. The third kappa shape index (κ3) is 31.2. The monoisotopic (exact) mass is 204 g/mol. The van der Waals surface area contributed by atoms with Crippen molar-refractivity contribution in [1.29, 1.82) is 0 Å². The summed E-state index contributed by atoms with van der Waals surface area (Å²) in [6.45, 7) is 2.96. The first-order valence-corrected chi connectivity index (χ1v) is 1.12. The second kappa shape index (κ2) is 15.6. The van der Waals surface area contributed by atoms with E-state index in [9.17, 15) is 4.79 Å². The molecule has 0 aliphatic rings. The SMILES string of the molecule is C=CC(=O)O.S.S.[Zn].